The normalized spacial score (nSPS) is 19.1. The van der Waals surface area contributed by atoms with E-state index >= 15 is 0 Å². The van der Waals surface area contributed by atoms with Crippen molar-refractivity contribution in [3.63, 3.8) is 0 Å². The highest BCUT2D eigenvalue weighted by atomic mass is 32.2. The van der Waals surface area contributed by atoms with E-state index in [1.807, 2.05) is 20.8 Å². The van der Waals surface area contributed by atoms with Gasteiger partial charge in [-0.1, -0.05) is 18.6 Å². The largest absolute Gasteiger partial charge is 0.243 e. The summed E-state index contributed by atoms with van der Waals surface area (Å²) in [6, 6.07) is 6.57. The van der Waals surface area contributed by atoms with Crippen molar-refractivity contribution in [2.24, 2.45) is 4.40 Å². The molecule has 0 radical (unpaired) electrons. The molecular weight excluding hydrogens is 332 g/mol. The van der Waals surface area contributed by atoms with E-state index in [1.54, 1.807) is 28.6 Å². The fourth-order valence-electron chi connectivity index (χ4n) is 2.25. The second-order valence-corrected chi connectivity index (χ2v) is 10.5. The van der Waals surface area contributed by atoms with Crippen LogP contribution < -0.4 is 0 Å². The predicted molar refractivity (Wildman–Crippen MR) is 94.5 cm³/mol. The van der Waals surface area contributed by atoms with Gasteiger partial charge in [0.25, 0.3) is 0 Å². The Labute approximate surface area is 141 Å². The monoisotopic (exact) mass is 356 g/mol. The average molecular weight is 357 g/mol. The molecule has 1 atom stereocenters. The summed E-state index contributed by atoms with van der Waals surface area (Å²) in [7, 11) is -4.73. The smallest absolute Gasteiger partial charge is 0.234 e. The summed E-state index contributed by atoms with van der Waals surface area (Å²) in [5, 5.41) is 0. The Balaban J connectivity index is 2.13. The highest BCUT2D eigenvalue weighted by Crippen LogP contribution is 2.20. The molecule has 1 saturated heterocycles. The van der Waals surface area contributed by atoms with Crippen LogP contribution in [0.2, 0.25) is 0 Å². The van der Waals surface area contributed by atoms with Gasteiger partial charge in [-0.05, 0) is 51.3 Å². The van der Waals surface area contributed by atoms with Crippen LogP contribution in [0.15, 0.2) is 33.6 Å². The molecule has 1 heterocycles. The topological polar surface area (TPSA) is 66.8 Å². The fourth-order valence-corrected chi connectivity index (χ4v) is 4.30. The first-order valence-electron chi connectivity index (χ1n) is 7.77. The molecule has 0 saturated carbocycles. The standard InChI is InChI=1S/C16H24N2O3S2/c1-16(2,3)22(19)17-13-14-7-9-15(10-8-14)23(20,21)18-11-5-4-6-12-18/h7-10,13H,4-6,11-12H2,1-3H3/b17-13+. The van der Waals surface area contributed by atoms with Crippen LogP contribution in [-0.2, 0) is 21.0 Å². The Bertz CT molecular complexity index is 683. The highest BCUT2D eigenvalue weighted by Gasteiger charge is 2.25. The Morgan fingerprint density at radius 3 is 2.17 bits per heavy atom. The molecule has 0 aliphatic carbocycles. The minimum absolute atomic E-state index is 0.300. The summed E-state index contributed by atoms with van der Waals surface area (Å²) in [5.41, 5.74) is 0.736. The molecule has 0 N–H and O–H groups in total. The second-order valence-electron chi connectivity index (χ2n) is 6.63. The summed E-state index contributed by atoms with van der Waals surface area (Å²) in [5.74, 6) is 0. The number of sulfonamides is 1. The van der Waals surface area contributed by atoms with E-state index in [2.05, 4.69) is 4.40 Å². The summed E-state index contributed by atoms with van der Waals surface area (Å²) in [6.07, 6.45) is 4.45. The molecule has 7 heteroatoms. The maximum atomic E-state index is 12.5. The van der Waals surface area contributed by atoms with Gasteiger partial charge in [0.1, 0.15) is 11.0 Å². The Morgan fingerprint density at radius 1 is 1.09 bits per heavy atom. The van der Waals surface area contributed by atoms with E-state index in [4.69, 9.17) is 0 Å². The van der Waals surface area contributed by atoms with Gasteiger partial charge in [-0.3, -0.25) is 0 Å². The number of rotatable bonds is 4. The highest BCUT2D eigenvalue weighted by molar-refractivity contribution is 7.89. The zero-order valence-electron chi connectivity index (χ0n) is 13.9. The summed E-state index contributed by atoms with van der Waals surface area (Å²) >= 11 is 0. The maximum Gasteiger partial charge on any atom is 0.243 e. The predicted octanol–water partition coefficient (Wildman–Crippen LogP) is 2.74. The van der Waals surface area contributed by atoms with Gasteiger partial charge in [0, 0.05) is 19.3 Å². The summed E-state index contributed by atoms with van der Waals surface area (Å²) in [6.45, 7) is 6.75. The van der Waals surface area contributed by atoms with E-state index in [1.165, 1.54) is 6.21 Å². The van der Waals surface area contributed by atoms with Crippen molar-refractivity contribution in [2.45, 2.75) is 49.7 Å². The molecule has 1 aliphatic heterocycles. The molecule has 5 nitrogen and oxygen atoms in total. The Kier molecular flexibility index (Phi) is 5.75. The second kappa shape index (κ2) is 7.23. The van der Waals surface area contributed by atoms with Crippen LogP contribution >= 0.6 is 0 Å². The fraction of sp³-hybridized carbons (Fsp3) is 0.562. The number of benzene rings is 1. The van der Waals surface area contributed by atoms with Gasteiger partial charge >= 0.3 is 0 Å². The van der Waals surface area contributed by atoms with Crippen LogP contribution in [0.4, 0.5) is 0 Å². The van der Waals surface area contributed by atoms with E-state index in [-0.39, 0.29) is 0 Å². The van der Waals surface area contributed by atoms with Gasteiger partial charge in [0.05, 0.1) is 9.64 Å². The van der Waals surface area contributed by atoms with Crippen LogP contribution in [0, 0.1) is 0 Å². The number of hydrogen-bond acceptors (Lipinski definition) is 3. The Hall–Kier alpha value is -1.05. The van der Waals surface area contributed by atoms with E-state index < -0.39 is 25.8 Å². The van der Waals surface area contributed by atoms with Gasteiger partial charge in [0.2, 0.25) is 10.0 Å². The maximum absolute atomic E-state index is 12.5. The lowest BCUT2D eigenvalue weighted by molar-refractivity contribution is 0.346. The lowest BCUT2D eigenvalue weighted by Crippen LogP contribution is -2.35. The molecule has 23 heavy (non-hydrogen) atoms. The molecule has 1 aliphatic rings. The van der Waals surface area contributed by atoms with Gasteiger partial charge in [0.15, 0.2) is 0 Å². The Morgan fingerprint density at radius 2 is 1.65 bits per heavy atom. The molecule has 1 unspecified atom stereocenters. The molecule has 1 aromatic rings. The molecular formula is C16H24N2O3S2. The lowest BCUT2D eigenvalue weighted by Gasteiger charge is -2.25. The minimum atomic E-state index is -3.40. The van der Waals surface area contributed by atoms with E-state index in [9.17, 15) is 12.6 Å². The summed E-state index contributed by atoms with van der Waals surface area (Å²) < 4.78 is 42.1. The van der Waals surface area contributed by atoms with Crippen LogP contribution in [0.1, 0.15) is 45.6 Å². The van der Waals surface area contributed by atoms with Crippen molar-refractivity contribution in [1.82, 2.24) is 4.31 Å². The quantitative estimate of drug-likeness (QED) is 0.779. The third-order valence-electron chi connectivity index (χ3n) is 3.65. The summed E-state index contributed by atoms with van der Waals surface area (Å²) in [4.78, 5) is 0.300. The number of hydrogen-bond donors (Lipinski definition) is 0. The van der Waals surface area contributed by atoms with Gasteiger partial charge in [-0.2, -0.15) is 8.70 Å². The number of nitrogens with zero attached hydrogens (tertiary/aromatic N) is 2. The lowest BCUT2D eigenvalue weighted by atomic mass is 10.2. The molecule has 128 valence electrons. The van der Waals surface area contributed by atoms with Crippen molar-refractivity contribution in [3.8, 4) is 0 Å². The van der Waals surface area contributed by atoms with Crippen LogP contribution in [0.5, 0.6) is 0 Å². The third kappa shape index (κ3) is 4.71. The van der Waals surface area contributed by atoms with Crippen molar-refractivity contribution in [1.29, 1.82) is 0 Å². The van der Waals surface area contributed by atoms with Crippen molar-refractivity contribution in [3.05, 3.63) is 29.8 Å². The zero-order chi connectivity index (χ0) is 17.1. The third-order valence-corrected chi connectivity index (χ3v) is 6.91. The molecule has 0 aromatic heterocycles. The average Bonchev–Trinajstić information content (AvgIpc) is 2.53. The molecule has 1 fully saturated rings. The van der Waals surface area contributed by atoms with E-state index in [0.717, 1.165) is 24.8 Å². The minimum Gasteiger partial charge on any atom is -0.234 e. The van der Waals surface area contributed by atoms with Gasteiger partial charge < -0.3 is 0 Å². The van der Waals surface area contributed by atoms with Gasteiger partial charge in [-0.15, -0.1) is 0 Å². The molecule has 0 spiro atoms. The van der Waals surface area contributed by atoms with Crippen molar-refractivity contribution >= 4 is 27.2 Å². The first-order valence-corrected chi connectivity index (χ1v) is 10.3. The van der Waals surface area contributed by atoms with E-state index in [0.29, 0.717) is 18.0 Å². The molecule has 1 aromatic carbocycles. The first-order chi connectivity index (χ1) is 10.7. The van der Waals surface area contributed by atoms with Crippen molar-refractivity contribution < 1.29 is 12.6 Å². The molecule has 2 rings (SSSR count). The van der Waals surface area contributed by atoms with Crippen LogP contribution in [-0.4, -0.2) is 41.0 Å². The van der Waals surface area contributed by atoms with Crippen molar-refractivity contribution in [2.75, 3.05) is 13.1 Å². The number of piperidine rings is 1. The van der Waals surface area contributed by atoms with Crippen LogP contribution in [0.25, 0.3) is 0 Å². The van der Waals surface area contributed by atoms with Crippen LogP contribution in [0.3, 0.4) is 0 Å². The molecule has 0 bridgehead atoms. The zero-order valence-corrected chi connectivity index (χ0v) is 15.5. The van der Waals surface area contributed by atoms with Gasteiger partial charge in [-0.25, -0.2) is 12.6 Å². The SMILES string of the molecule is CC(C)(C)S(=O)/N=C/c1ccc(S(=O)(=O)N2CCCCC2)cc1. The first kappa shape index (κ1) is 18.3. The molecule has 0 amide bonds.